The van der Waals surface area contributed by atoms with Gasteiger partial charge in [0.1, 0.15) is 6.54 Å². The number of ether oxygens (including phenoxy) is 1. The highest BCUT2D eigenvalue weighted by Gasteiger charge is 2.19. The summed E-state index contributed by atoms with van der Waals surface area (Å²) in [5, 5.41) is 10.9. The fraction of sp³-hybridized carbons (Fsp3) is 0.789. The monoisotopic (exact) mass is 365 g/mol. The third-order valence-electron chi connectivity index (χ3n) is 4.49. The minimum atomic E-state index is 0.311. The summed E-state index contributed by atoms with van der Waals surface area (Å²) in [5.41, 5.74) is 0.974. The molecule has 0 bridgehead atoms. The van der Waals surface area contributed by atoms with Gasteiger partial charge in [-0.1, -0.05) is 12.1 Å². The highest BCUT2D eigenvalue weighted by atomic mass is 16.5. The molecule has 1 saturated heterocycles. The van der Waals surface area contributed by atoms with E-state index in [-0.39, 0.29) is 0 Å². The van der Waals surface area contributed by atoms with Gasteiger partial charge in [0, 0.05) is 38.3 Å². The van der Waals surface area contributed by atoms with E-state index < -0.39 is 0 Å². The normalized spacial score (nSPS) is 17.0. The van der Waals surface area contributed by atoms with Crippen molar-refractivity contribution in [2.75, 3.05) is 32.8 Å². The van der Waals surface area contributed by atoms with Gasteiger partial charge in [-0.05, 0) is 40.0 Å². The van der Waals surface area contributed by atoms with Crippen molar-refractivity contribution < 1.29 is 9.26 Å². The van der Waals surface area contributed by atoms with Crippen molar-refractivity contribution in [1.82, 2.24) is 20.7 Å². The maximum atomic E-state index is 5.65. The second-order valence-electron chi connectivity index (χ2n) is 7.01. The summed E-state index contributed by atoms with van der Waals surface area (Å²) in [6, 6.07) is 2.43. The lowest BCUT2D eigenvalue weighted by molar-refractivity contribution is 0.0532. The molecule has 1 aliphatic rings. The molecular weight excluding hydrogens is 330 g/mol. The second kappa shape index (κ2) is 11.2. The van der Waals surface area contributed by atoms with E-state index in [1.807, 2.05) is 6.07 Å². The summed E-state index contributed by atoms with van der Waals surface area (Å²) in [7, 11) is 0. The van der Waals surface area contributed by atoms with Gasteiger partial charge in [-0.3, -0.25) is 0 Å². The lowest BCUT2D eigenvalue weighted by Gasteiger charge is -2.33. The Bertz CT molecular complexity index is 536. The van der Waals surface area contributed by atoms with Crippen LogP contribution in [0.3, 0.4) is 0 Å². The minimum absolute atomic E-state index is 0.311. The molecule has 7 nitrogen and oxygen atoms in total. The van der Waals surface area contributed by atoms with E-state index in [0.29, 0.717) is 18.7 Å². The Hall–Kier alpha value is -1.60. The van der Waals surface area contributed by atoms with E-state index >= 15 is 0 Å². The number of nitrogens with one attached hydrogen (secondary N) is 2. The first kappa shape index (κ1) is 20.7. The summed E-state index contributed by atoms with van der Waals surface area (Å²) in [5.74, 6) is 1.66. The molecule has 1 aromatic heterocycles. The molecule has 2 heterocycles. The largest absolute Gasteiger partial charge is 0.377 e. The lowest BCUT2D eigenvalue weighted by Crippen LogP contribution is -2.49. The zero-order chi connectivity index (χ0) is 18.8. The van der Waals surface area contributed by atoms with Crippen molar-refractivity contribution in [3.8, 4) is 0 Å². The predicted octanol–water partition coefficient (Wildman–Crippen LogP) is 2.18. The molecule has 0 aromatic carbocycles. The molecule has 0 amide bonds. The van der Waals surface area contributed by atoms with Gasteiger partial charge in [0.2, 0.25) is 0 Å². The Morgan fingerprint density at radius 3 is 2.77 bits per heavy atom. The molecule has 0 unspecified atom stereocenters. The van der Waals surface area contributed by atoms with Crippen LogP contribution in [-0.2, 0) is 17.7 Å². The highest BCUT2D eigenvalue weighted by Crippen LogP contribution is 2.10. The molecule has 0 radical (unpaired) electrons. The van der Waals surface area contributed by atoms with Gasteiger partial charge in [0.15, 0.2) is 11.7 Å². The van der Waals surface area contributed by atoms with Crippen molar-refractivity contribution in [3.05, 3.63) is 17.5 Å². The van der Waals surface area contributed by atoms with Crippen LogP contribution in [-0.4, -0.2) is 60.9 Å². The van der Waals surface area contributed by atoms with E-state index in [1.54, 1.807) is 0 Å². The smallest absolute Gasteiger partial charge is 0.191 e. The average molecular weight is 366 g/mol. The second-order valence-corrected chi connectivity index (χ2v) is 7.01. The number of hydrogen-bond donors (Lipinski definition) is 2. The van der Waals surface area contributed by atoms with Crippen LogP contribution in [0.25, 0.3) is 0 Å². The molecule has 7 heteroatoms. The molecule has 0 aliphatic carbocycles. The third kappa shape index (κ3) is 7.33. The van der Waals surface area contributed by atoms with Crippen molar-refractivity contribution in [1.29, 1.82) is 0 Å². The molecule has 0 saturated carbocycles. The van der Waals surface area contributed by atoms with Crippen LogP contribution in [0.4, 0.5) is 0 Å². The van der Waals surface area contributed by atoms with E-state index in [9.17, 15) is 0 Å². The fourth-order valence-electron chi connectivity index (χ4n) is 2.99. The zero-order valence-corrected chi connectivity index (χ0v) is 16.8. The number of aromatic nitrogens is 1. The standard InChI is InChI=1S/C19H35N5O2/c1-5-16-13-18(26-23-16)14-21-19(20-6-2)22-17-7-9-24(10-8-17)11-12-25-15(3)4/h13,15,17H,5-12,14H2,1-4H3,(H2,20,21,22). The average Bonchev–Trinajstić information content (AvgIpc) is 3.09. The Kier molecular flexibility index (Phi) is 8.91. The predicted molar refractivity (Wildman–Crippen MR) is 104 cm³/mol. The summed E-state index contributed by atoms with van der Waals surface area (Å²) >= 11 is 0. The Labute approximate surface area is 157 Å². The van der Waals surface area contributed by atoms with Crippen LogP contribution in [0, 0.1) is 0 Å². The van der Waals surface area contributed by atoms with Gasteiger partial charge in [0.05, 0.1) is 18.4 Å². The van der Waals surface area contributed by atoms with Gasteiger partial charge in [-0.2, -0.15) is 0 Å². The van der Waals surface area contributed by atoms with Crippen LogP contribution in [0.2, 0.25) is 0 Å². The van der Waals surface area contributed by atoms with Gasteiger partial charge < -0.3 is 24.8 Å². The maximum absolute atomic E-state index is 5.65. The van der Waals surface area contributed by atoms with Gasteiger partial charge >= 0.3 is 0 Å². The minimum Gasteiger partial charge on any atom is -0.377 e. The number of rotatable bonds is 9. The summed E-state index contributed by atoms with van der Waals surface area (Å²) < 4.78 is 11.0. The zero-order valence-electron chi connectivity index (χ0n) is 16.8. The first-order valence-electron chi connectivity index (χ1n) is 9.94. The molecule has 26 heavy (non-hydrogen) atoms. The van der Waals surface area contributed by atoms with Crippen LogP contribution in [0.15, 0.2) is 15.6 Å². The first-order chi connectivity index (χ1) is 12.6. The topological polar surface area (TPSA) is 74.9 Å². The summed E-state index contributed by atoms with van der Waals surface area (Å²) in [4.78, 5) is 7.12. The molecule has 148 valence electrons. The molecule has 0 atom stereocenters. The number of hydrogen-bond acceptors (Lipinski definition) is 5. The van der Waals surface area contributed by atoms with Crippen LogP contribution >= 0.6 is 0 Å². The maximum Gasteiger partial charge on any atom is 0.191 e. The molecule has 1 aliphatic heterocycles. The number of aryl methyl sites for hydroxylation is 1. The third-order valence-corrected chi connectivity index (χ3v) is 4.49. The summed E-state index contributed by atoms with van der Waals surface area (Å²) in [6.07, 6.45) is 3.43. The molecule has 2 N–H and O–H groups in total. The van der Waals surface area contributed by atoms with Crippen molar-refractivity contribution >= 4 is 5.96 Å². The van der Waals surface area contributed by atoms with E-state index in [2.05, 4.69) is 53.4 Å². The number of guanidine groups is 1. The van der Waals surface area contributed by atoms with E-state index in [1.165, 1.54) is 0 Å². The fourth-order valence-corrected chi connectivity index (χ4v) is 2.99. The Morgan fingerprint density at radius 2 is 2.15 bits per heavy atom. The Morgan fingerprint density at radius 1 is 1.38 bits per heavy atom. The van der Waals surface area contributed by atoms with Gasteiger partial charge in [-0.25, -0.2) is 4.99 Å². The Balaban J connectivity index is 1.76. The van der Waals surface area contributed by atoms with E-state index in [0.717, 1.165) is 69.5 Å². The summed E-state index contributed by atoms with van der Waals surface area (Å²) in [6.45, 7) is 13.7. The first-order valence-corrected chi connectivity index (χ1v) is 9.94. The highest BCUT2D eigenvalue weighted by molar-refractivity contribution is 5.80. The molecule has 2 rings (SSSR count). The molecule has 1 aromatic rings. The number of likely N-dealkylation sites (tertiary alicyclic amines) is 1. The lowest BCUT2D eigenvalue weighted by atomic mass is 10.1. The van der Waals surface area contributed by atoms with Crippen LogP contribution in [0.5, 0.6) is 0 Å². The molecular formula is C19H35N5O2. The number of piperidine rings is 1. The number of nitrogens with zero attached hydrogens (tertiary/aromatic N) is 3. The number of aliphatic imine (C=N–C) groups is 1. The SMILES string of the molecule is CCNC(=NCc1cc(CC)no1)NC1CCN(CCOC(C)C)CC1. The van der Waals surface area contributed by atoms with Crippen molar-refractivity contribution in [3.63, 3.8) is 0 Å². The quantitative estimate of drug-likeness (QED) is 0.516. The van der Waals surface area contributed by atoms with Crippen LogP contribution in [0.1, 0.15) is 52.0 Å². The van der Waals surface area contributed by atoms with Gasteiger partial charge in [-0.15, -0.1) is 0 Å². The van der Waals surface area contributed by atoms with Crippen molar-refractivity contribution in [2.45, 2.75) is 65.6 Å². The molecule has 0 spiro atoms. The van der Waals surface area contributed by atoms with E-state index in [4.69, 9.17) is 9.26 Å². The van der Waals surface area contributed by atoms with Crippen LogP contribution < -0.4 is 10.6 Å². The van der Waals surface area contributed by atoms with Crippen molar-refractivity contribution in [2.24, 2.45) is 4.99 Å². The molecule has 1 fully saturated rings. The van der Waals surface area contributed by atoms with Gasteiger partial charge in [0.25, 0.3) is 0 Å².